The predicted molar refractivity (Wildman–Crippen MR) is 125 cm³/mol. The molecule has 0 aliphatic heterocycles. The van der Waals surface area contributed by atoms with Crippen molar-refractivity contribution in [1.82, 2.24) is 4.98 Å². The average Bonchev–Trinajstić information content (AvgIpc) is 2.87. The van der Waals surface area contributed by atoms with Crippen LogP contribution in [0, 0.1) is 11.3 Å². The van der Waals surface area contributed by atoms with Crippen LogP contribution in [-0.2, 0) is 16.1 Å². The Morgan fingerprint density at radius 3 is 2.32 bits per heavy atom. The van der Waals surface area contributed by atoms with Crippen LogP contribution < -0.4 is 18.9 Å². The molecule has 0 spiro atoms. The van der Waals surface area contributed by atoms with Crippen LogP contribution in [0.2, 0.25) is 0 Å². The van der Waals surface area contributed by atoms with E-state index in [0.717, 1.165) is 5.56 Å². The van der Waals surface area contributed by atoms with Gasteiger partial charge in [0.05, 0.1) is 38.7 Å². The minimum absolute atomic E-state index is 0.300. The minimum Gasteiger partial charge on any atom is -0.493 e. The number of hydrogen-bond donors (Lipinski definition) is 0. The molecule has 0 aliphatic carbocycles. The summed E-state index contributed by atoms with van der Waals surface area (Å²) in [5.41, 5.74) is 2.21. The van der Waals surface area contributed by atoms with Crippen molar-refractivity contribution in [1.29, 1.82) is 5.26 Å². The molecule has 1 aromatic heterocycles. The van der Waals surface area contributed by atoms with Crippen LogP contribution >= 0.6 is 0 Å². The maximum absolute atomic E-state index is 11.6. The highest BCUT2D eigenvalue weighted by molar-refractivity contribution is 5.87. The fourth-order valence-corrected chi connectivity index (χ4v) is 2.91. The van der Waals surface area contributed by atoms with Crippen molar-refractivity contribution in [3.8, 4) is 34.9 Å². The van der Waals surface area contributed by atoms with Crippen LogP contribution in [0.1, 0.15) is 23.6 Å². The Morgan fingerprint density at radius 1 is 1.06 bits per heavy atom. The van der Waals surface area contributed by atoms with Gasteiger partial charge in [-0.3, -0.25) is 0 Å². The Morgan fingerprint density at radius 2 is 1.76 bits per heavy atom. The second kappa shape index (κ2) is 11.9. The summed E-state index contributed by atoms with van der Waals surface area (Å²) < 4.78 is 27.5. The van der Waals surface area contributed by atoms with Crippen LogP contribution in [0.25, 0.3) is 6.08 Å². The lowest BCUT2D eigenvalue weighted by Crippen LogP contribution is -1.99. The highest BCUT2D eigenvalue weighted by Gasteiger charge is 2.15. The SMILES string of the molecule is CCOC(=O)/C=C/c1cc(OC)c(Oc2ccc(OCc3ccc(C#N)cc3)cn2)c(OC)c1. The van der Waals surface area contributed by atoms with Crippen LogP contribution in [0.15, 0.2) is 60.8 Å². The minimum atomic E-state index is -0.438. The Bertz CT molecular complexity index is 1160. The summed E-state index contributed by atoms with van der Waals surface area (Å²) in [7, 11) is 3.02. The number of nitrogens with zero attached hydrogens (tertiary/aromatic N) is 2. The van der Waals surface area contributed by atoms with Gasteiger partial charge in [0, 0.05) is 12.1 Å². The molecule has 34 heavy (non-hydrogen) atoms. The molecule has 0 fully saturated rings. The molecule has 0 atom stereocenters. The molecule has 0 N–H and O–H groups in total. The zero-order valence-electron chi connectivity index (χ0n) is 19.1. The third-order valence-electron chi connectivity index (χ3n) is 4.59. The van der Waals surface area contributed by atoms with Gasteiger partial charge < -0.3 is 23.7 Å². The van der Waals surface area contributed by atoms with E-state index in [4.69, 9.17) is 28.9 Å². The molecule has 8 nitrogen and oxygen atoms in total. The summed E-state index contributed by atoms with van der Waals surface area (Å²) in [5.74, 6) is 1.60. The Kier molecular flexibility index (Phi) is 8.47. The maximum atomic E-state index is 11.6. The number of rotatable bonds is 10. The van der Waals surface area contributed by atoms with Crippen LogP contribution in [-0.4, -0.2) is 31.8 Å². The largest absolute Gasteiger partial charge is 0.493 e. The molecule has 0 amide bonds. The normalized spacial score (nSPS) is 10.4. The molecule has 3 rings (SSSR count). The predicted octanol–water partition coefficient (Wildman–Crippen LogP) is 4.92. The Labute approximate surface area is 197 Å². The maximum Gasteiger partial charge on any atom is 0.330 e. The number of aromatic nitrogens is 1. The standard InChI is InChI=1S/C26H24N2O6/c1-4-32-25(29)12-9-20-13-22(30-2)26(23(14-20)31-3)34-24-11-10-21(16-28-24)33-17-19-7-5-18(15-27)6-8-19/h5-14,16H,4,17H2,1-3H3/b12-9+. The zero-order valence-corrected chi connectivity index (χ0v) is 19.1. The third-order valence-corrected chi connectivity index (χ3v) is 4.59. The number of nitriles is 1. The molecule has 8 heteroatoms. The summed E-state index contributed by atoms with van der Waals surface area (Å²) in [6.07, 6.45) is 4.48. The molecule has 0 saturated carbocycles. The van der Waals surface area contributed by atoms with Gasteiger partial charge in [0.25, 0.3) is 0 Å². The number of carbonyl (C=O) groups is 1. The second-order valence-electron chi connectivity index (χ2n) is 6.87. The molecule has 0 radical (unpaired) electrons. The number of benzene rings is 2. The molecule has 0 bridgehead atoms. The van der Waals surface area contributed by atoms with Gasteiger partial charge in [0.15, 0.2) is 11.5 Å². The van der Waals surface area contributed by atoms with Gasteiger partial charge in [-0.2, -0.15) is 5.26 Å². The summed E-state index contributed by atoms with van der Waals surface area (Å²) in [5, 5.41) is 8.87. The van der Waals surface area contributed by atoms with Gasteiger partial charge in [-0.15, -0.1) is 0 Å². The van der Waals surface area contributed by atoms with E-state index in [1.807, 2.05) is 12.1 Å². The Hall–Kier alpha value is -4.51. The van der Waals surface area contributed by atoms with Gasteiger partial charge in [0.2, 0.25) is 11.6 Å². The molecule has 0 unspecified atom stereocenters. The van der Waals surface area contributed by atoms with Crippen LogP contribution in [0.5, 0.6) is 28.9 Å². The molecular formula is C26H24N2O6. The summed E-state index contributed by atoms with van der Waals surface area (Å²) in [6.45, 7) is 2.39. The first-order valence-electron chi connectivity index (χ1n) is 10.4. The fraction of sp³-hybridized carbons (Fsp3) is 0.192. The molecule has 1 heterocycles. The molecule has 3 aromatic rings. The zero-order chi connectivity index (χ0) is 24.3. The number of pyridine rings is 1. The van der Waals surface area contributed by atoms with E-state index in [2.05, 4.69) is 11.1 Å². The van der Waals surface area contributed by atoms with Gasteiger partial charge in [-0.1, -0.05) is 12.1 Å². The van der Waals surface area contributed by atoms with Gasteiger partial charge in [-0.25, -0.2) is 9.78 Å². The molecule has 174 valence electrons. The second-order valence-corrected chi connectivity index (χ2v) is 6.87. The number of carbonyl (C=O) groups excluding carboxylic acids is 1. The van der Waals surface area contributed by atoms with Crippen molar-refractivity contribution in [3.63, 3.8) is 0 Å². The van der Waals surface area contributed by atoms with Crippen molar-refractivity contribution < 1.29 is 28.5 Å². The fourth-order valence-electron chi connectivity index (χ4n) is 2.91. The van der Waals surface area contributed by atoms with Crippen molar-refractivity contribution >= 4 is 12.0 Å². The molecule has 2 aromatic carbocycles. The first-order valence-corrected chi connectivity index (χ1v) is 10.4. The lowest BCUT2D eigenvalue weighted by molar-refractivity contribution is -0.137. The Balaban J connectivity index is 1.71. The highest BCUT2D eigenvalue weighted by atomic mass is 16.5. The third kappa shape index (κ3) is 6.50. The molecule has 0 aliphatic rings. The summed E-state index contributed by atoms with van der Waals surface area (Å²) in [4.78, 5) is 15.9. The quantitative estimate of drug-likeness (QED) is 0.311. The highest BCUT2D eigenvalue weighted by Crippen LogP contribution is 2.41. The smallest absolute Gasteiger partial charge is 0.330 e. The topological polar surface area (TPSA) is 99.9 Å². The number of esters is 1. The van der Waals surface area contributed by atoms with E-state index in [1.54, 1.807) is 55.6 Å². The monoisotopic (exact) mass is 460 g/mol. The van der Waals surface area contributed by atoms with E-state index in [-0.39, 0.29) is 0 Å². The van der Waals surface area contributed by atoms with E-state index in [9.17, 15) is 4.79 Å². The number of ether oxygens (including phenoxy) is 5. The first kappa shape index (κ1) is 24.1. The van der Waals surface area contributed by atoms with Crippen molar-refractivity contribution in [3.05, 3.63) is 77.5 Å². The summed E-state index contributed by atoms with van der Waals surface area (Å²) >= 11 is 0. The van der Waals surface area contributed by atoms with E-state index >= 15 is 0 Å². The van der Waals surface area contributed by atoms with E-state index in [1.165, 1.54) is 20.3 Å². The summed E-state index contributed by atoms with van der Waals surface area (Å²) in [6, 6.07) is 16.1. The number of hydrogen-bond acceptors (Lipinski definition) is 8. The van der Waals surface area contributed by atoms with E-state index < -0.39 is 5.97 Å². The van der Waals surface area contributed by atoms with Crippen LogP contribution in [0.3, 0.4) is 0 Å². The lowest BCUT2D eigenvalue weighted by atomic mass is 10.1. The average molecular weight is 460 g/mol. The van der Waals surface area contributed by atoms with Crippen molar-refractivity contribution in [2.24, 2.45) is 0 Å². The van der Waals surface area contributed by atoms with Gasteiger partial charge in [0.1, 0.15) is 12.4 Å². The number of methoxy groups -OCH3 is 2. The lowest BCUT2D eigenvalue weighted by Gasteiger charge is -2.15. The van der Waals surface area contributed by atoms with Gasteiger partial charge in [-0.05, 0) is 54.5 Å². The van der Waals surface area contributed by atoms with Crippen molar-refractivity contribution in [2.75, 3.05) is 20.8 Å². The first-order chi connectivity index (χ1) is 16.6. The van der Waals surface area contributed by atoms with E-state index in [0.29, 0.717) is 53.2 Å². The molecular weight excluding hydrogens is 436 g/mol. The van der Waals surface area contributed by atoms with Crippen molar-refractivity contribution in [2.45, 2.75) is 13.5 Å². The van der Waals surface area contributed by atoms with Gasteiger partial charge >= 0.3 is 5.97 Å². The van der Waals surface area contributed by atoms with Crippen LogP contribution in [0.4, 0.5) is 0 Å². The molecule has 0 saturated heterocycles.